The molecule has 0 unspecified atom stereocenters. The molecule has 6 heteroatoms. The highest BCUT2D eigenvalue weighted by Gasteiger charge is 2.11. The molecule has 0 heterocycles. The van der Waals surface area contributed by atoms with E-state index in [1.165, 1.54) is 0 Å². The highest BCUT2D eigenvalue weighted by molar-refractivity contribution is 5.80. The van der Waals surface area contributed by atoms with Gasteiger partial charge in [0.15, 0.2) is 11.6 Å². The first-order chi connectivity index (χ1) is 8.04. The number of nitrogens with two attached hydrogens (primary N) is 1. The Balaban J connectivity index is 2.60. The highest BCUT2D eigenvalue weighted by Crippen LogP contribution is 2.21. The van der Waals surface area contributed by atoms with Crippen molar-refractivity contribution >= 4 is 17.3 Å². The Labute approximate surface area is 98.2 Å². The van der Waals surface area contributed by atoms with E-state index in [1.54, 1.807) is 0 Å². The Bertz CT molecular complexity index is 387. The third kappa shape index (κ3) is 3.90. The zero-order valence-electron chi connectivity index (χ0n) is 9.52. The first-order valence-corrected chi connectivity index (χ1v) is 5.29. The van der Waals surface area contributed by atoms with Crippen molar-refractivity contribution in [3.8, 4) is 0 Å². The van der Waals surface area contributed by atoms with Crippen LogP contribution in [0.3, 0.4) is 0 Å². The van der Waals surface area contributed by atoms with Gasteiger partial charge in [0.25, 0.3) is 0 Å². The predicted molar refractivity (Wildman–Crippen MR) is 62.6 cm³/mol. The summed E-state index contributed by atoms with van der Waals surface area (Å²) in [6.45, 7) is 2.26. The molecule has 0 aliphatic heterocycles. The van der Waals surface area contributed by atoms with Gasteiger partial charge in [-0.05, 0) is 18.6 Å². The summed E-state index contributed by atoms with van der Waals surface area (Å²) in [5, 5.41) is 4.98. The Morgan fingerprint density at radius 2 is 1.94 bits per heavy atom. The molecule has 1 rings (SSSR count). The van der Waals surface area contributed by atoms with E-state index in [0.29, 0.717) is 6.54 Å². The molecule has 0 aromatic heterocycles. The standard InChI is InChI=1S/C11H15F2N3O/c1-2-3-15-10(17)6-16-11-8(12)4-7(14)5-9(11)13/h4-5,16H,2-3,6,14H2,1H3,(H,15,17). The van der Waals surface area contributed by atoms with E-state index < -0.39 is 11.6 Å². The molecule has 0 fully saturated rings. The van der Waals surface area contributed by atoms with Crippen LogP contribution in [-0.2, 0) is 4.79 Å². The van der Waals surface area contributed by atoms with Crippen LogP contribution in [0.5, 0.6) is 0 Å². The molecule has 0 spiro atoms. The quantitative estimate of drug-likeness (QED) is 0.686. The topological polar surface area (TPSA) is 67.2 Å². The molecule has 0 atom stereocenters. The van der Waals surface area contributed by atoms with Crippen molar-refractivity contribution in [3.63, 3.8) is 0 Å². The largest absolute Gasteiger partial charge is 0.399 e. The van der Waals surface area contributed by atoms with Crippen molar-refractivity contribution in [2.45, 2.75) is 13.3 Å². The van der Waals surface area contributed by atoms with Gasteiger partial charge < -0.3 is 16.4 Å². The van der Waals surface area contributed by atoms with Crippen molar-refractivity contribution in [1.82, 2.24) is 5.32 Å². The van der Waals surface area contributed by atoms with Crippen molar-refractivity contribution < 1.29 is 13.6 Å². The Hall–Kier alpha value is -1.85. The average Bonchev–Trinajstić information content (AvgIpc) is 2.24. The summed E-state index contributed by atoms with van der Waals surface area (Å²) in [6.07, 6.45) is 0.802. The van der Waals surface area contributed by atoms with E-state index in [0.717, 1.165) is 18.6 Å². The minimum Gasteiger partial charge on any atom is -0.399 e. The van der Waals surface area contributed by atoms with Gasteiger partial charge in [-0.3, -0.25) is 4.79 Å². The summed E-state index contributed by atoms with van der Waals surface area (Å²) in [7, 11) is 0. The molecular formula is C11H15F2N3O. The lowest BCUT2D eigenvalue weighted by molar-refractivity contribution is -0.119. The SMILES string of the molecule is CCCNC(=O)CNc1c(F)cc(N)cc1F. The predicted octanol–water partition coefficient (Wildman–Crippen LogP) is 1.49. The maximum atomic E-state index is 13.3. The van der Waals surface area contributed by atoms with E-state index in [1.807, 2.05) is 6.92 Å². The zero-order valence-corrected chi connectivity index (χ0v) is 9.52. The minimum absolute atomic E-state index is 0.000912. The molecule has 94 valence electrons. The van der Waals surface area contributed by atoms with E-state index in [4.69, 9.17) is 5.73 Å². The lowest BCUT2D eigenvalue weighted by Gasteiger charge is -2.09. The van der Waals surface area contributed by atoms with Crippen LogP contribution in [0.4, 0.5) is 20.2 Å². The number of halogens is 2. The molecule has 0 aliphatic rings. The summed E-state index contributed by atoms with van der Waals surface area (Å²) < 4.78 is 26.6. The zero-order chi connectivity index (χ0) is 12.8. The van der Waals surface area contributed by atoms with E-state index in [-0.39, 0.29) is 23.8 Å². The third-order valence-corrected chi connectivity index (χ3v) is 2.06. The van der Waals surface area contributed by atoms with Gasteiger partial charge in [-0.1, -0.05) is 6.92 Å². The number of rotatable bonds is 5. The fourth-order valence-corrected chi connectivity index (χ4v) is 1.26. The summed E-state index contributed by atoms with van der Waals surface area (Å²) in [5.41, 5.74) is 4.92. The smallest absolute Gasteiger partial charge is 0.239 e. The number of carbonyl (C=O) groups is 1. The fourth-order valence-electron chi connectivity index (χ4n) is 1.26. The van der Waals surface area contributed by atoms with Crippen molar-refractivity contribution in [2.75, 3.05) is 24.1 Å². The molecule has 0 aliphatic carbocycles. The van der Waals surface area contributed by atoms with E-state index in [9.17, 15) is 13.6 Å². The molecule has 0 radical (unpaired) electrons. The van der Waals surface area contributed by atoms with E-state index >= 15 is 0 Å². The van der Waals surface area contributed by atoms with Crippen LogP contribution in [-0.4, -0.2) is 19.0 Å². The second kappa shape index (κ2) is 6.03. The minimum atomic E-state index is -0.814. The third-order valence-electron chi connectivity index (χ3n) is 2.06. The first-order valence-electron chi connectivity index (χ1n) is 5.29. The normalized spacial score (nSPS) is 10.1. The van der Waals surface area contributed by atoms with Gasteiger partial charge in [-0.2, -0.15) is 0 Å². The number of nitrogens with one attached hydrogen (secondary N) is 2. The van der Waals surface area contributed by atoms with Crippen LogP contribution in [0.2, 0.25) is 0 Å². The number of nitrogen functional groups attached to an aromatic ring is 1. The van der Waals surface area contributed by atoms with Crippen LogP contribution in [0.15, 0.2) is 12.1 Å². The van der Waals surface area contributed by atoms with Gasteiger partial charge in [0, 0.05) is 12.2 Å². The van der Waals surface area contributed by atoms with Crippen molar-refractivity contribution in [1.29, 1.82) is 0 Å². The van der Waals surface area contributed by atoms with Gasteiger partial charge in [-0.15, -0.1) is 0 Å². The van der Waals surface area contributed by atoms with Crippen LogP contribution in [0, 0.1) is 11.6 Å². The van der Waals surface area contributed by atoms with Crippen molar-refractivity contribution in [3.05, 3.63) is 23.8 Å². The van der Waals surface area contributed by atoms with Crippen LogP contribution < -0.4 is 16.4 Å². The molecule has 1 amide bonds. The molecule has 1 aromatic rings. The lowest BCUT2D eigenvalue weighted by Crippen LogP contribution is -2.30. The van der Waals surface area contributed by atoms with Crippen molar-refractivity contribution in [2.24, 2.45) is 0 Å². The monoisotopic (exact) mass is 243 g/mol. The maximum absolute atomic E-state index is 13.3. The Morgan fingerprint density at radius 3 is 2.47 bits per heavy atom. The van der Waals surface area contributed by atoms with Gasteiger partial charge in [0.2, 0.25) is 5.91 Å². The molecule has 0 bridgehead atoms. The molecule has 0 saturated heterocycles. The number of benzene rings is 1. The molecule has 17 heavy (non-hydrogen) atoms. The molecule has 4 nitrogen and oxygen atoms in total. The summed E-state index contributed by atoms with van der Waals surface area (Å²) in [4.78, 5) is 11.2. The van der Waals surface area contributed by atoms with Crippen LogP contribution in [0.25, 0.3) is 0 Å². The number of hydrogen-bond acceptors (Lipinski definition) is 3. The average molecular weight is 243 g/mol. The summed E-state index contributed by atoms with van der Waals surface area (Å²) in [5.74, 6) is -1.95. The number of hydrogen-bond donors (Lipinski definition) is 3. The van der Waals surface area contributed by atoms with Crippen LogP contribution >= 0.6 is 0 Å². The van der Waals surface area contributed by atoms with Gasteiger partial charge in [0.05, 0.1) is 6.54 Å². The second-order valence-corrected chi connectivity index (χ2v) is 3.56. The van der Waals surface area contributed by atoms with Gasteiger partial charge >= 0.3 is 0 Å². The first kappa shape index (κ1) is 13.2. The van der Waals surface area contributed by atoms with Gasteiger partial charge in [0.1, 0.15) is 5.69 Å². The summed E-state index contributed by atoms with van der Waals surface area (Å²) in [6, 6.07) is 1.99. The lowest BCUT2D eigenvalue weighted by atomic mass is 10.2. The number of anilines is 2. The molecule has 0 saturated carbocycles. The molecule has 1 aromatic carbocycles. The van der Waals surface area contributed by atoms with Gasteiger partial charge in [-0.25, -0.2) is 8.78 Å². The Kier molecular flexibility index (Phi) is 4.68. The maximum Gasteiger partial charge on any atom is 0.239 e. The fraction of sp³-hybridized carbons (Fsp3) is 0.364. The second-order valence-electron chi connectivity index (χ2n) is 3.56. The van der Waals surface area contributed by atoms with E-state index in [2.05, 4.69) is 10.6 Å². The Morgan fingerprint density at radius 1 is 1.35 bits per heavy atom. The number of carbonyl (C=O) groups excluding carboxylic acids is 1. The highest BCUT2D eigenvalue weighted by atomic mass is 19.1. The molecule has 4 N–H and O–H groups in total. The molecular weight excluding hydrogens is 228 g/mol. The van der Waals surface area contributed by atoms with Crippen LogP contribution in [0.1, 0.15) is 13.3 Å². The number of amides is 1. The summed E-state index contributed by atoms with van der Waals surface area (Å²) >= 11 is 0.